The van der Waals surface area contributed by atoms with Gasteiger partial charge in [0.05, 0.1) is 0 Å². The Morgan fingerprint density at radius 1 is 1.33 bits per heavy atom. The Hall–Kier alpha value is -1.38. The van der Waals surface area contributed by atoms with Crippen LogP contribution in [-0.2, 0) is 0 Å². The Morgan fingerprint density at radius 2 is 2.08 bits per heavy atom. The summed E-state index contributed by atoms with van der Waals surface area (Å²) in [5, 5.41) is 0. The van der Waals surface area contributed by atoms with E-state index in [0.29, 0.717) is 0 Å². The highest BCUT2D eigenvalue weighted by molar-refractivity contribution is 5.44. The second-order valence-electron chi connectivity index (χ2n) is 2.23. The first-order chi connectivity index (χ1) is 5.88. The van der Waals surface area contributed by atoms with Crippen LogP contribution >= 0.6 is 0 Å². The molecule has 0 spiro atoms. The Labute approximate surface area is 72.1 Å². The molecule has 0 saturated carbocycles. The lowest BCUT2D eigenvalue weighted by atomic mass is 10.4. The van der Waals surface area contributed by atoms with Crippen LogP contribution in [0.3, 0.4) is 0 Å². The summed E-state index contributed by atoms with van der Waals surface area (Å²) in [7, 11) is 0. The summed E-state index contributed by atoms with van der Waals surface area (Å²) in [5.41, 5.74) is 2.09. The first kappa shape index (κ1) is 8.71. The molecule has 0 amide bonds. The molecule has 2 aromatic heterocycles. The van der Waals surface area contributed by atoms with Gasteiger partial charge in [0.2, 0.25) is 0 Å². The van der Waals surface area contributed by atoms with Crippen molar-refractivity contribution < 1.29 is 0 Å². The smallest absolute Gasteiger partial charge is 0.142 e. The summed E-state index contributed by atoms with van der Waals surface area (Å²) in [6, 6.07) is 0. The molecule has 0 N–H and O–H groups in total. The molecule has 3 heteroatoms. The molecule has 0 bridgehead atoms. The van der Waals surface area contributed by atoms with Gasteiger partial charge in [-0.3, -0.25) is 4.40 Å². The number of hydrogen-bond donors (Lipinski definition) is 0. The van der Waals surface area contributed by atoms with Gasteiger partial charge in [-0.15, -0.1) is 0 Å². The maximum Gasteiger partial charge on any atom is 0.142 e. The molecule has 0 aliphatic rings. The molecule has 3 nitrogen and oxygen atoms in total. The Bertz CT molecular complexity index is 351. The van der Waals surface area contributed by atoms with Gasteiger partial charge in [0, 0.05) is 24.2 Å². The lowest BCUT2D eigenvalue weighted by Crippen LogP contribution is -1.87. The van der Waals surface area contributed by atoms with E-state index in [0.717, 1.165) is 11.2 Å². The second kappa shape index (κ2) is 3.85. The maximum absolute atomic E-state index is 4.14. The standard InChI is InChI=1S/C7H7N3.C2H6/c1-6-4-8-5-10-3-2-9-7(6)10;1-2/h2-5H,1H3;1-2H3. The third kappa shape index (κ3) is 1.44. The van der Waals surface area contributed by atoms with Crippen LogP contribution in [0, 0.1) is 6.92 Å². The van der Waals surface area contributed by atoms with Crippen molar-refractivity contribution in [1.82, 2.24) is 14.4 Å². The van der Waals surface area contributed by atoms with Crippen LogP contribution in [0.25, 0.3) is 5.65 Å². The number of hydrogen-bond acceptors (Lipinski definition) is 2. The van der Waals surface area contributed by atoms with Gasteiger partial charge in [0.15, 0.2) is 0 Å². The van der Waals surface area contributed by atoms with E-state index in [9.17, 15) is 0 Å². The van der Waals surface area contributed by atoms with Gasteiger partial charge in [-0.05, 0) is 6.92 Å². The van der Waals surface area contributed by atoms with Gasteiger partial charge in [-0.1, -0.05) is 13.8 Å². The summed E-state index contributed by atoms with van der Waals surface area (Å²) >= 11 is 0. The van der Waals surface area contributed by atoms with Crippen LogP contribution in [-0.4, -0.2) is 14.4 Å². The van der Waals surface area contributed by atoms with E-state index in [-0.39, 0.29) is 0 Å². The summed E-state index contributed by atoms with van der Waals surface area (Å²) in [4.78, 5) is 8.15. The molecule has 0 saturated heterocycles. The van der Waals surface area contributed by atoms with E-state index in [1.54, 1.807) is 12.5 Å². The second-order valence-corrected chi connectivity index (χ2v) is 2.23. The number of aryl methyl sites for hydroxylation is 1. The molecule has 2 rings (SSSR count). The van der Waals surface area contributed by atoms with Crippen LogP contribution in [0.1, 0.15) is 19.4 Å². The lowest BCUT2D eigenvalue weighted by Gasteiger charge is -1.93. The molecule has 64 valence electrons. The number of rotatable bonds is 0. The maximum atomic E-state index is 4.14. The fraction of sp³-hybridized carbons (Fsp3) is 0.333. The van der Waals surface area contributed by atoms with Gasteiger partial charge >= 0.3 is 0 Å². The predicted molar refractivity (Wildman–Crippen MR) is 49.1 cm³/mol. The van der Waals surface area contributed by atoms with Crippen molar-refractivity contribution in [1.29, 1.82) is 0 Å². The summed E-state index contributed by atoms with van der Waals surface area (Å²) < 4.78 is 1.90. The van der Waals surface area contributed by atoms with Crippen molar-refractivity contribution in [2.75, 3.05) is 0 Å². The summed E-state index contributed by atoms with van der Waals surface area (Å²) in [6.07, 6.45) is 7.21. The van der Waals surface area contributed by atoms with Crippen molar-refractivity contribution in [3.05, 3.63) is 30.5 Å². The minimum absolute atomic E-state index is 0.981. The zero-order valence-corrected chi connectivity index (χ0v) is 7.65. The molecule has 12 heavy (non-hydrogen) atoms. The molecule has 0 unspecified atom stereocenters. The normalized spacial score (nSPS) is 9.25. The highest BCUT2D eigenvalue weighted by Crippen LogP contribution is 2.02. The van der Waals surface area contributed by atoms with Gasteiger partial charge in [-0.25, -0.2) is 9.97 Å². The molecule has 0 fully saturated rings. The molecular weight excluding hydrogens is 150 g/mol. The van der Waals surface area contributed by atoms with E-state index < -0.39 is 0 Å². The average molecular weight is 163 g/mol. The van der Waals surface area contributed by atoms with Crippen molar-refractivity contribution >= 4 is 5.65 Å². The molecule has 0 atom stereocenters. The number of aromatic nitrogens is 3. The van der Waals surface area contributed by atoms with Crippen LogP contribution in [0.4, 0.5) is 0 Å². The van der Waals surface area contributed by atoms with Gasteiger partial charge in [0.25, 0.3) is 0 Å². The first-order valence-electron chi connectivity index (χ1n) is 4.11. The molecule has 0 aliphatic carbocycles. The highest BCUT2D eigenvalue weighted by Gasteiger charge is 1.94. The Kier molecular flexibility index (Phi) is 2.80. The molecule has 0 aliphatic heterocycles. The van der Waals surface area contributed by atoms with Crippen molar-refractivity contribution in [2.24, 2.45) is 0 Å². The van der Waals surface area contributed by atoms with Gasteiger partial charge in [-0.2, -0.15) is 0 Å². The van der Waals surface area contributed by atoms with E-state index in [2.05, 4.69) is 9.97 Å². The fourth-order valence-electron chi connectivity index (χ4n) is 0.986. The quantitative estimate of drug-likeness (QED) is 0.595. The zero-order valence-electron chi connectivity index (χ0n) is 7.65. The van der Waals surface area contributed by atoms with E-state index >= 15 is 0 Å². The predicted octanol–water partition coefficient (Wildman–Crippen LogP) is 2.06. The van der Waals surface area contributed by atoms with Crippen LogP contribution in [0.15, 0.2) is 24.9 Å². The van der Waals surface area contributed by atoms with Crippen molar-refractivity contribution in [3.8, 4) is 0 Å². The van der Waals surface area contributed by atoms with Gasteiger partial charge in [0.1, 0.15) is 12.0 Å². The third-order valence-electron chi connectivity index (χ3n) is 1.48. The molecular formula is C9H13N3. The first-order valence-corrected chi connectivity index (χ1v) is 4.11. The van der Waals surface area contributed by atoms with Crippen LogP contribution in [0.5, 0.6) is 0 Å². The minimum Gasteiger partial charge on any atom is -0.290 e. The van der Waals surface area contributed by atoms with E-state index in [1.165, 1.54) is 0 Å². The van der Waals surface area contributed by atoms with Crippen molar-refractivity contribution in [3.63, 3.8) is 0 Å². The molecule has 0 aromatic carbocycles. The Balaban J connectivity index is 0.000000336. The van der Waals surface area contributed by atoms with Crippen LogP contribution < -0.4 is 0 Å². The van der Waals surface area contributed by atoms with Gasteiger partial charge < -0.3 is 0 Å². The Morgan fingerprint density at radius 3 is 2.75 bits per heavy atom. The summed E-state index contributed by atoms with van der Waals surface area (Å²) in [5.74, 6) is 0. The number of fused-ring (bicyclic) bond motifs is 1. The number of imidazole rings is 1. The van der Waals surface area contributed by atoms with Crippen LogP contribution in [0.2, 0.25) is 0 Å². The number of nitrogens with zero attached hydrogens (tertiary/aromatic N) is 3. The molecule has 2 aromatic rings. The fourth-order valence-corrected chi connectivity index (χ4v) is 0.986. The topological polar surface area (TPSA) is 30.2 Å². The molecule has 2 heterocycles. The molecule has 0 radical (unpaired) electrons. The zero-order chi connectivity index (χ0) is 8.97. The largest absolute Gasteiger partial charge is 0.290 e. The highest BCUT2D eigenvalue weighted by atomic mass is 15.0. The van der Waals surface area contributed by atoms with E-state index in [1.807, 2.05) is 37.6 Å². The minimum atomic E-state index is 0.981. The monoisotopic (exact) mass is 163 g/mol. The van der Waals surface area contributed by atoms with E-state index in [4.69, 9.17) is 0 Å². The third-order valence-corrected chi connectivity index (χ3v) is 1.48. The van der Waals surface area contributed by atoms with Crippen molar-refractivity contribution in [2.45, 2.75) is 20.8 Å². The SMILES string of the molecule is CC.Cc1cncn2ccnc12. The average Bonchev–Trinajstić information content (AvgIpc) is 2.57. The summed E-state index contributed by atoms with van der Waals surface area (Å²) in [6.45, 7) is 6.00. The lowest BCUT2D eigenvalue weighted by molar-refractivity contribution is 1.06.